The molecule has 132 valence electrons. The number of nitrogens with zero attached hydrogens (tertiary/aromatic N) is 3. The van der Waals surface area contributed by atoms with Gasteiger partial charge >= 0.3 is 6.18 Å². The van der Waals surface area contributed by atoms with E-state index in [9.17, 15) is 13.2 Å². The molecular formula is C19H13ClF3N3. The van der Waals surface area contributed by atoms with E-state index in [1.807, 2.05) is 19.1 Å². The molecule has 0 atom stereocenters. The molecule has 0 aliphatic carbocycles. The SMILES string of the molecule is Cc1ccc(-c2cc(Cl)cc3c4ccncc4n(CC(F)(F)F)c23)cn1. The largest absolute Gasteiger partial charge is 0.406 e. The summed E-state index contributed by atoms with van der Waals surface area (Å²) in [5.74, 6) is 0. The lowest BCUT2D eigenvalue weighted by molar-refractivity contribution is -0.139. The van der Waals surface area contributed by atoms with Crippen molar-refractivity contribution in [2.45, 2.75) is 19.6 Å². The van der Waals surface area contributed by atoms with Crippen LogP contribution in [0.25, 0.3) is 32.9 Å². The van der Waals surface area contributed by atoms with Crippen LogP contribution in [0.4, 0.5) is 13.2 Å². The van der Waals surface area contributed by atoms with Gasteiger partial charge in [-0.3, -0.25) is 9.97 Å². The van der Waals surface area contributed by atoms with Gasteiger partial charge in [0.1, 0.15) is 6.54 Å². The Morgan fingerprint density at radius 1 is 1.08 bits per heavy atom. The van der Waals surface area contributed by atoms with Crippen LogP contribution in [-0.2, 0) is 6.54 Å². The van der Waals surface area contributed by atoms with Gasteiger partial charge in [0, 0.05) is 45.0 Å². The number of benzene rings is 1. The summed E-state index contributed by atoms with van der Waals surface area (Å²) < 4.78 is 41.0. The quantitative estimate of drug-likeness (QED) is 0.445. The number of aromatic nitrogens is 3. The second kappa shape index (κ2) is 5.99. The van der Waals surface area contributed by atoms with Gasteiger partial charge in [-0.15, -0.1) is 0 Å². The van der Waals surface area contributed by atoms with Gasteiger partial charge in [0.25, 0.3) is 0 Å². The Hall–Kier alpha value is -2.60. The normalized spacial score (nSPS) is 12.2. The maximum Gasteiger partial charge on any atom is 0.406 e. The Labute approximate surface area is 152 Å². The molecule has 0 unspecified atom stereocenters. The van der Waals surface area contributed by atoms with Crippen molar-refractivity contribution in [3.8, 4) is 11.1 Å². The molecule has 3 nitrogen and oxygen atoms in total. The molecule has 26 heavy (non-hydrogen) atoms. The van der Waals surface area contributed by atoms with Crippen molar-refractivity contribution < 1.29 is 13.2 Å². The molecule has 3 aromatic heterocycles. The number of alkyl halides is 3. The number of hydrogen-bond acceptors (Lipinski definition) is 2. The van der Waals surface area contributed by atoms with Crippen LogP contribution in [-0.4, -0.2) is 20.7 Å². The molecule has 3 heterocycles. The minimum Gasteiger partial charge on any atom is -0.329 e. The van der Waals surface area contributed by atoms with Crippen molar-refractivity contribution in [1.29, 1.82) is 0 Å². The molecule has 0 N–H and O–H groups in total. The molecule has 7 heteroatoms. The van der Waals surface area contributed by atoms with E-state index in [0.717, 1.165) is 5.69 Å². The van der Waals surface area contributed by atoms with Crippen LogP contribution >= 0.6 is 11.6 Å². The zero-order valence-electron chi connectivity index (χ0n) is 13.7. The number of halogens is 4. The molecule has 0 bridgehead atoms. The van der Waals surface area contributed by atoms with E-state index in [1.165, 1.54) is 10.8 Å². The second-order valence-corrected chi connectivity index (χ2v) is 6.57. The number of pyridine rings is 2. The molecule has 0 saturated carbocycles. The first-order valence-corrected chi connectivity index (χ1v) is 8.26. The van der Waals surface area contributed by atoms with Gasteiger partial charge in [-0.1, -0.05) is 17.7 Å². The maximum absolute atomic E-state index is 13.3. The van der Waals surface area contributed by atoms with E-state index in [2.05, 4.69) is 9.97 Å². The molecule has 4 aromatic rings. The lowest BCUT2D eigenvalue weighted by atomic mass is 10.0. The maximum atomic E-state index is 13.3. The highest BCUT2D eigenvalue weighted by atomic mass is 35.5. The minimum absolute atomic E-state index is 0.420. The Morgan fingerprint density at radius 3 is 2.58 bits per heavy atom. The monoisotopic (exact) mass is 375 g/mol. The van der Waals surface area contributed by atoms with E-state index < -0.39 is 12.7 Å². The average Bonchev–Trinajstić information content (AvgIpc) is 2.88. The van der Waals surface area contributed by atoms with Gasteiger partial charge in [0.15, 0.2) is 0 Å². The van der Waals surface area contributed by atoms with Gasteiger partial charge in [-0.25, -0.2) is 0 Å². The van der Waals surface area contributed by atoms with Crippen molar-refractivity contribution >= 4 is 33.4 Å². The van der Waals surface area contributed by atoms with Crippen LogP contribution in [0.3, 0.4) is 0 Å². The zero-order valence-corrected chi connectivity index (χ0v) is 14.4. The first kappa shape index (κ1) is 16.8. The van der Waals surface area contributed by atoms with Crippen LogP contribution in [0.1, 0.15) is 5.69 Å². The summed E-state index contributed by atoms with van der Waals surface area (Å²) in [5.41, 5.74) is 3.04. The Balaban J connectivity index is 2.13. The molecule has 4 rings (SSSR count). The average molecular weight is 376 g/mol. The molecule has 0 aliphatic heterocycles. The fraction of sp³-hybridized carbons (Fsp3) is 0.158. The van der Waals surface area contributed by atoms with E-state index in [0.29, 0.717) is 38.0 Å². The number of rotatable bonds is 2. The van der Waals surface area contributed by atoms with Gasteiger partial charge in [0.05, 0.1) is 17.2 Å². The summed E-state index contributed by atoms with van der Waals surface area (Å²) >= 11 is 6.28. The van der Waals surface area contributed by atoms with E-state index >= 15 is 0 Å². The minimum atomic E-state index is -4.36. The van der Waals surface area contributed by atoms with Crippen LogP contribution < -0.4 is 0 Å². The Kier molecular flexibility index (Phi) is 3.88. The van der Waals surface area contributed by atoms with Gasteiger partial charge in [-0.2, -0.15) is 13.2 Å². The summed E-state index contributed by atoms with van der Waals surface area (Å²) in [7, 11) is 0. The third-order valence-electron chi connectivity index (χ3n) is 4.29. The van der Waals surface area contributed by atoms with Gasteiger partial charge in [-0.05, 0) is 31.2 Å². The predicted octanol–water partition coefficient (Wildman–Crippen LogP) is 5.78. The van der Waals surface area contributed by atoms with E-state index in [4.69, 9.17) is 11.6 Å². The van der Waals surface area contributed by atoms with Crippen LogP contribution in [0, 0.1) is 6.92 Å². The van der Waals surface area contributed by atoms with E-state index in [1.54, 1.807) is 30.6 Å². The molecule has 0 fully saturated rings. The van der Waals surface area contributed by atoms with Crippen molar-refractivity contribution in [3.63, 3.8) is 0 Å². The first-order valence-electron chi connectivity index (χ1n) is 7.89. The number of hydrogen-bond donors (Lipinski definition) is 0. The molecule has 0 spiro atoms. The van der Waals surface area contributed by atoms with Crippen molar-refractivity contribution in [2.75, 3.05) is 0 Å². The molecule has 0 saturated heterocycles. The highest BCUT2D eigenvalue weighted by Gasteiger charge is 2.30. The Bertz CT molecular complexity index is 1110. The summed E-state index contributed by atoms with van der Waals surface area (Å²) in [6, 6.07) is 8.73. The van der Waals surface area contributed by atoms with Crippen LogP contribution in [0.15, 0.2) is 48.9 Å². The second-order valence-electron chi connectivity index (χ2n) is 6.13. The van der Waals surface area contributed by atoms with Crippen molar-refractivity contribution in [3.05, 3.63) is 59.6 Å². The third-order valence-corrected chi connectivity index (χ3v) is 4.50. The van der Waals surface area contributed by atoms with Gasteiger partial charge in [0.2, 0.25) is 0 Å². The summed E-state index contributed by atoms with van der Waals surface area (Å²) in [6.45, 7) is 0.746. The summed E-state index contributed by atoms with van der Waals surface area (Å²) in [4.78, 5) is 8.26. The molecule has 0 aliphatic rings. The fourth-order valence-electron chi connectivity index (χ4n) is 3.24. The van der Waals surface area contributed by atoms with Crippen molar-refractivity contribution in [1.82, 2.24) is 14.5 Å². The smallest absolute Gasteiger partial charge is 0.329 e. The van der Waals surface area contributed by atoms with Crippen LogP contribution in [0.5, 0.6) is 0 Å². The molecule has 0 radical (unpaired) electrons. The summed E-state index contributed by atoms with van der Waals surface area (Å²) in [6.07, 6.45) is 0.297. The fourth-order valence-corrected chi connectivity index (χ4v) is 3.45. The molecule has 0 amide bonds. The van der Waals surface area contributed by atoms with Crippen LogP contribution in [0.2, 0.25) is 5.02 Å². The first-order chi connectivity index (χ1) is 12.3. The summed E-state index contributed by atoms with van der Waals surface area (Å²) in [5, 5.41) is 1.80. The van der Waals surface area contributed by atoms with Crippen molar-refractivity contribution in [2.24, 2.45) is 0 Å². The lowest BCUT2D eigenvalue weighted by Crippen LogP contribution is -2.17. The highest BCUT2D eigenvalue weighted by Crippen LogP contribution is 2.39. The lowest BCUT2D eigenvalue weighted by Gasteiger charge is -2.13. The highest BCUT2D eigenvalue weighted by molar-refractivity contribution is 6.32. The molecular weight excluding hydrogens is 363 g/mol. The number of fused-ring (bicyclic) bond motifs is 3. The Morgan fingerprint density at radius 2 is 1.88 bits per heavy atom. The standard InChI is InChI=1S/C19H13ClF3N3/c1-11-2-3-12(8-25-11)15-6-13(20)7-16-14-4-5-24-9-17(14)26(18(15)16)10-19(21,22)23/h2-9H,10H2,1H3. The third kappa shape index (κ3) is 2.90. The molecule has 1 aromatic carbocycles. The zero-order chi connectivity index (χ0) is 18.5. The topological polar surface area (TPSA) is 30.7 Å². The number of aryl methyl sites for hydroxylation is 1. The predicted molar refractivity (Wildman–Crippen MR) is 96.3 cm³/mol. The van der Waals surface area contributed by atoms with E-state index in [-0.39, 0.29) is 0 Å². The van der Waals surface area contributed by atoms with Gasteiger partial charge < -0.3 is 4.57 Å².